The zero-order valence-corrected chi connectivity index (χ0v) is 21.6. The molecule has 0 bridgehead atoms. The number of thiazole rings is 1. The van der Waals surface area contributed by atoms with E-state index in [2.05, 4.69) is 25.3 Å². The highest BCUT2D eigenvalue weighted by atomic mass is 32.2. The van der Waals surface area contributed by atoms with Crippen LogP contribution in [0.2, 0.25) is 0 Å². The Balaban J connectivity index is 1.55. The molecule has 0 radical (unpaired) electrons. The first-order valence-corrected chi connectivity index (χ1v) is 13.4. The molecular weight excluding hydrogens is 506 g/mol. The molecule has 0 amide bonds. The molecular formula is C23H25N5O6S2. The number of hydroxylamine groups is 1. The van der Waals surface area contributed by atoms with Gasteiger partial charge in [-0.15, -0.1) is 0 Å². The van der Waals surface area contributed by atoms with Crippen molar-refractivity contribution in [2.75, 3.05) is 25.0 Å². The molecule has 0 saturated carbocycles. The lowest BCUT2D eigenvalue weighted by atomic mass is 10.0. The van der Waals surface area contributed by atoms with Crippen LogP contribution >= 0.6 is 11.3 Å². The van der Waals surface area contributed by atoms with E-state index in [9.17, 15) is 4.55 Å². The smallest absolute Gasteiger partial charge is 0.285 e. The maximum absolute atomic E-state index is 13.6. The number of pyridine rings is 1. The molecule has 11 nitrogen and oxygen atoms in total. The van der Waals surface area contributed by atoms with E-state index in [1.807, 2.05) is 12.3 Å². The third-order valence-electron chi connectivity index (χ3n) is 5.38. The topological polar surface area (TPSA) is 136 Å². The number of ether oxygens (including phenoxy) is 3. The van der Waals surface area contributed by atoms with E-state index in [1.165, 1.54) is 18.4 Å². The van der Waals surface area contributed by atoms with Crippen molar-refractivity contribution in [2.24, 2.45) is 0 Å². The number of benzene rings is 1. The van der Waals surface area contributed by atoms with Gasteiger partial charge >= 0.3 is 0 Å². The average molecular weight is 532 g/mol. The number of aryl methyl sites for hydroxylation is 1. The molecule has 4 heterocycles. The summed E-state index contributed by atoms with van der Waals surface area (Å²) < 4.78 is 39.7. The number of hydrogen-bond acceptors (Lipinski definition) is 12. The quantitative estimate of drug-likeness (QED) is 0.233. The first-order valence-electron chi connectivity index (χ1n) is 11.4. The minimum Gasteiger partial charge on any atom is -0.588 e. The van der Waals surface area contributed by atoms with Gasteiger partial charge in [-0.1, -0.05) is 16.5 Å². The summed E-state index contributed by atoms with van der Waals surface area (Å²) in [7, 11) is 1.46. The van der Waals surface area contributed by atoms with E-state index in [4.69, 9.17) is 23.6 Å². The average Bonchev–Trinajstić information content (AvgIpc) is 3.45. The van der Waals surface area contributed by atoms with Crippen molar-refractivity contribution in [1.29, 1.82) is 0 Å². The van der Waals surface area contributed by atoms with E-state index in [-0.39, 0.29) is 16.6 Å². The van der Waals surface area contributed by atoms with Gasteiger partial charge < -0.3 is 28.1 Å². The van der Waals surface area contributed by atoms with Crippen LogP contribution < -0.4 is 29.3 Å². The summed E-state index contributed by atoms with van der Waals surface area (Å²) in [6, 6.07) is 3.44. The van der Waals surface area contributed by atoms with Crippen molar-refractivity contribution in [3.63, 3.8) is 0 Å². The molecule has 1 aliphatic rings. The molecule has 5 rings (SSSR count). The van der Waals surface area contributed by atoms with Gasteiger partial charge in [-0.2, -0.15) is 10.2 Å². The van der Waals surface area contributed by atoms with Crippen LogP contribution in [-0.2, 0) is 17.8 Å². The monoisotopic (exact) mass is 531 g/mol. The van der Waals surface area contributed by atoms with Gasteiger partial charge in [-0.05, 0) is 33.1 Å². The van der Waals surface area contributed by atoms with Crippen LogP contribution in [0.5, 0.6) is 28.3 Å². The summed E-state index contributed by atoms with van der Waals surface area (Å²) in [6.07, 6.45) is 4.26. The Morgan fingerprint density at radius 2 is 2.14 bits per heavy atom. The van der Waals surface area contributed by atoms with Gasteiger partial charge in [0.05, 0.1) is 13.7 Å². The molecule has 3 aromatic heterocycles. The van der Waals surface area contributed by atoms with Gasteiger partial charge in [0.15, 0.2) is 5.58 Å². The van der Waals surface area contributed by atoms with Crippen LogP contribution in [0.1, 0.15) is 31.0 Å². The number of nitrogens with zero attached hydrogens (tertiary/aromatic N) is 3. The van der Waals surface area contributed by atoms with Crippen LogP contribution in [0, 0.1) is 6.92 Å². The van der Waals surface area contributed by atoms with Crippen LogP contribution in [0.3, 0.4) is 0 Å². The largest absolute Gasteiger partial charge is 0.588 e. The fourth-order valence-electron chi connectivity index (χ4n) is 3.86. The van der Waals surface area contributed by atoms with Gasteiger partial charge in [-0.3, -0.25) is 0 Å². The molecule has 0 fully saturated rings. The van der Waals surface area contributed by atoms with Crippen LogP contribution in [0.4, 0.5) is 5.82 Å². The lowest BCUT2D eigenvalue weighted by molar-refractivity contribution is 0.194. The Morgan fingerprint density at radius 1 is 1.25 bits per heavy atom. The Labute approximate surface area is 214 Å². The standard InChI is InChI=1S/C23H25N5O6S2/c1-4-25-33-17-11-13(2)26-22(30-3)20(17)36(29)28-21-18-16(34-27-21)12-15(32-23-24-8-10-35-23)14-7-5-6-9-31-19(14)18/h8,10-12,25H,4-7,9H2,1-3H3,(H,27,28). The highest BCUT2D eigenvalue weighted by Crippen LogP contribution is 2.45. The second-order valence-corrected chi connectivity index (χ2v) is 9.87. The zero-order valence-electron chi connectivity index (χ0n) is 20.0. The highest BCUT2D eigenvalue weighted by Gasteiger charge is 2.31. The van der Waals surface area contributed by atoms with E-state index in [1.54, 1.807) is 25.3 Å². The summed E-state index contributed by atoms with van der Waals surface area (Å²) >= 11 is -0.466. The number of fused-ring (bicyclic) bond motifs is 3. The summed E-state index contributed by atoms with van der Waals surface area (Å²) in [5.41, 5.74) is 4.75. The van der Waals surface area contributed by atoms with Crippen molar-refractivity contribution in [3.05, 3.63) is 35.0 Å². The Kier molecular flexibility index (Phi) is 7.32. The first-order chi connectivity index (χ1) is 17.6. The van der Waals surface area contributed by atoms with E-state index in [0.717, 1.165) is 24.8 Å². The van der Waals surface area contributed by atoms with Gasteiger partial charge in [0.25, 0.3) is 16.0 Å². The fraction of sp³-hybridized carbons (Fsp3) is 0.348. The minimum atomic E-state index is -1.86. The summed E-state index contributed by atoms with van der Waals surface area (Å²) in [6.45, 7) is 4.77. The van der Waals surface area contributed by atoms with Crippen molar-refractivity contribution >= 4 is 39.5 Å². The molecule has 0 aliphatic carbocycles. The molecule has 190 valence electrons. The SMILES string of the molecule is CCNOc1cc(C)nc(OC)c1[S+]([O-])Nc1noc2cc(Oc3nccs3)c3c(c12)OCCCC3. The maximum atomic E-state index is 13.6. The summed E-state index contributed by atoms with van der Waals surface area (Å²) in [4.78, 5) is 14.4. The van der Waals surface area contributed by atoms with Crippen molar-refractivity contribution in [3.8, 4) is 28.3 Å². The second-order valence-electron chi connectivity index (χ2n) is 7.86. The Bertz CT molecular complexity index is 1350. The third-order valence-corrected chi connectivity index (χ3v) is 7.16. The predicted molar refractivity (Wildman–Crippen MR) is 134 cm³/mol. The zero-order chi connectivity index (χ0) is 25.1. The van der Waals surface area contributed by atoms with Crippen molar-refractivity contribution < 1.29 is 28.1 Å². The highest BCUT2D eigenvalue weighted by molar-refractivity contribution is 7.93. The van der Waals surface area contributed by atoms with E-state index in [0.29, 0.717) is 52.3 Å². The van der Waals surface area contributed by atoms with E-state index >= 15 is 0 Å². The molecule has 1 aliphatic heterocycles. The number of hydrogen-bond donors (Lipinski definition) is 2. The van der Waals surface area contributed by atoms with Crippen LogP contribution in [-0.4, -0.2) is 39.9 Å². The summed E-state index contributed by atoms with van der Waals surface area (Å²) in [5, 5.41) is 7.11. The van der Waals surface area contributed by atoms with Crippen molar-refractivity contribution in [2.45, 2.75) is 38.0 Å². The number of aromatic nitrogens is 3. The molecule has 36 heavy (non-hydrogen) atoms. The lowest BCUT2D eigenvalue weighted by Crippen LogP contribution is -2.22. The first kappa shape index (κ1) is 24.4. The van der Waals surface area contributed by atoms with Crippen LogP contribution in [0.25, 0.3) is 11.0 Å². The molecule has 13 heteroatoms. The second kappa shape index (κ2) is 10.8. The molecule has 1 aromatic carbocycles. The van der Waals surface area contributed by atoms with Crippen molar-refractivity contribution in [1.82, 2.24) is 20.6 Å². The van der Waals surface area contributed by atoms with Crippen LogP contribution in [0.15, 0.2) is 33.1 Å². The molecule has 0 saturated heterocycles. The number of anilines is 1. The van der Waals surface area contributed by atoms with Gasteiger partial charge in [0.1, 0.15) is 28.2 Å². The molecule has 1 atom stereocenters. The lowest BCUT2D eigenvalue weighted by Gasteiger charge is -2.17. The normalized spacial score (nSPS) is 14.0. The van der Waals surface area contributed by atoms with Gasteiger partial charge in [0.2, 0.25) is 11.6 Å². The molecule has 0 spiro atoms. The number of nitrogens with one attached hydrogen (secondary N) is 2. The van der Waals surface area contributed by atoms with Gasteiger partial charge in [-0.25, -0.2) is 9.97 Å². The third kappa shape index (κ3) is 4.87. The number of rotatable bonds is 9. The Morgan fingerprint density at radius 3 is 2.92 bits per heavy atom. The Hall–Kier alpha value is -3.26. The predicted octanol–water partition coefficient (Wildman–Crippen LogP) is 4.54. The molecule has 2 N–H and O–H groups in total. The number of methoxy groups -OCH3 is 1. The molecule has 4 aromatic rings. The van der Waals surface area contributed by atoms with Gasteiger partial charge in [0, 0.05) is 41.5 Å². The van der Waals surface area contributed by atoms with E-state index < -0.39 is 11.4 Å². The maximum Gasteiger partial charge on any atom is 0.285 e. The minimum absolute atomic E-state index is 0.177. The summed E-state index contributed by atoms with van der Waals surface area (Å²) in [5.74, 6) is 1.96. The fourth-order valence-corrected chi connectivity index (χ4v) is 5.34. The molecule has 1 unspecified atom stereocenters.